The Morgan fingerprint density at radius 2 is 2.06 bits per heavy atom. The average molecular weight is 318 g/mol. The first-order chi connectivity index (χ1) is 7.59. The van der Waals surface area contributed by atoms with Gasteiger partial charge in [-0.05, 0) is 35.0 Å². The molecule has 0 amide bonds. The van der Waals surface area contributed by atoms with Crippen LogP contribution in [0.15, 0.2) is 34.8 Å². The highest BCUT2D eigenvalue weighted by Crippen LogP contribution is 2.37. The molecule has 0 aliphatic heterocycles. The summed E-state index contributed by atoms with van der Waals surface area (Å²) in [5.74, 6) is 0. The van der Waals surface area contributed by atoms with Gasteiger partial charge in [0.1, 0.15) is 6.10 Å². The monoisotopic (exact) mass is 316 g/mol. The molecule has 1 unspecified atom stereocenters. The zero-order valence-corrected chi connectivity index (χ0v) is 11.7. The van der Waals surface area contributed by atoms with Gasteiger partial charge in [0.25, 0.3) is 0 Å². The van der Waals surface area contributed by atoms with Gasteiger partial charge < -0.3 is 5.11 Å². The van der Waals surface area contributed by atoms with E-state index in [0.717, 1.165) is 19.8 Å². The van der Waals surface area contributed by atoms with E-state index in [4.69, 9.17) is 11.6 Å². The van der Waals surface area contributed by atoms with Crippen molar-refractivity contribution in [2.24, 2.45) is 0 Å². The Morgan fingerprint density at radius 1 is 1.38 bits per heavy atom. The van der Waals surface area contributed by atoms with E-state index in [2.05, 4.69) is 15.9 Å². The van der Waals surface area contributed by atoms with Crippen molar-refractivity contribution in [2.45, 2.75) is 13.0 Å². The summed E-state index contributed by atoms with van der Waals surface area (Å²) in [6.07, 6.45) is -0.665. The maximum atomic E-state index is 10.3. The zero-order chi connectivity index (χ0) is 11.7. The standard InChI is InChI=1S/C12H10BrClOS/c1-7-6-9(13)12(16-7)11(15)8-4-2-3-5-10(8)14/h2-6,11,15H,1H3. The SMILES string of the molecule is Cc1cc(Br)c(C(O)c2ccccc2Cl)s1. The third-order valence-corrected chi connectivity index (χ3v) is 4.65. The summed E-state index contributed by atoms with van der Waals surface area (Å²) in [6.45, 7) is 2.01. The number of benzene rings is 1. The van der Waals surface area contributed by atoms with Crippen molar-refractivity contribution < 1.29 is 5.11 Å². The molecule has 1 aromatic heterocycles. The van der Waals surface area contributed by atoms with Gasteiger partial charge in [-0.15, -0.1) is 11.3 Å². The fourth-order valence-electron chi connectivity index (χ4n) is 1.53. The van der Waals surface area contributed by atoms with Crippen LogP contribution in [0.4, 0.5) is 0 Å². The fraction of sp³-hybridized carbons (Fsp3) is 0.167. The molecule has 4 heteroatoms. The Labute approximate surface area is 112 Å². The number of hydrogen-bond donors (Lipinski definition) is 1. The van der Waals surface area contributed by atoms with Gasteiger partial charge in [-0.2, -0.15) is 0 Å². The lowest BCUT2D eigenvalue weighted by molar-refractivity contribution is 0.223. The maximum Gasteiger partial charge on any atom is 0.116 e. The summed E-state index contributed by atoms with van der Waals surface area (Å²) in [7, 11) is 0. The minimum atomic E-state index is -0.665. The number of rotatable bonds is 2. The topological polar surface area (TPSA) is 20.2 Å². The molecule has 0 aliphatic rings. The Balaban J connectivity index is 2.43. The van der Waals surface area contributed by atoms with Gasteiger partial charge in [0.15, 0.2) is 0 Å². The molecule has 0 bridgehead atoms. The molecule has 0 saturated heterocycles. The highest BCUT2D eigenvalue weighted by atomic mass is 79.9. The molecule has 2 aromatic rings. The van der Waals surface area contributed by atoms with Crippen molar-refractivity contribution in [3.8, 4) is 0 Å². The molecule has 1 aromatic carbocycles. The maximum absolute atomic E-state index is 10.3. The Kier molecular flexibility index (Phi) is 3.70. The van der Waals surface area contributed by atoms with Crippen LogP contribution in [-0.4, -0.2) is 5.11 Å². The lowest BCUT2D eigenvalue weighted by Gasteiger charge is -2.11. The first-order valence-electron chi connectivity index (χ1n) is 4.78. The second-order valence-corrected chi connectivity index (χ2v) is 6.04. The van der Waals surface area contributed by atoms with Gasteiger partial charge in [0, 0.05) is 19.9 Å². The van der Waals surface area contributed by atoms with Crippen molar-refractivity contribution in [1.82, 2.24) is 0 Å². The van der Waals surface area contributed by atoms with E-state index in [9.17, 15) is 5.11 Å². The third-order valence-electron chi connectivity index (χ3n) is 2.28. The molecule has 0 fully saturated rings. The van der Waals surface area contributed by atoms with Crippen LogP contribution < -0.4 is 0 Å². The smallest absolute Gasteiger partial charge is 0.116 e. The van der Waals surface area contributed by atoms with Crippen LogP contribution in [0, 0.1) is 6.92 Å². The molecule has 1 nitrogen and oxygen atoms in total. The van der Waals surface area contributed by atoms with Crippen LogP contribution >= 0.6 is 38.9 Å². The predicted octanol–water partition coefficient (Wildman–Crippen LogP) is 4.55. The van der Waals surface area contributed by atoms with Crippen LogP contribution in [0.5, 0.6) is 0 Å². The normalized spacial score (nSPS) is 12.8. The number of aliphatic hydroxyl groups excluding tert-OH is 1. The van der Waals surface area contributed by atoms with Crippen molar-refractivity contribution in [1.29, 1.82) is 0 Å². The molecular formula is C12H10BrClOS. The quantitative estimate of drug-likeness (QED) is 0.861. The third kappa shape index (κ3) is 2.33. The highest BCUT2D eigenvalue weighted by Gasteiger charge is 2.18. The second kappa shape index (κ2) is 4.88. The molecule has 0 spiro atoms. The largest absolute Gasteiger partial charge is 0.383 e. The van der Waals surface area contributed by atoms with E-state index in [-0.39, 0.29) is 0 Å². The fourth-order valence-corrected chi connectivity index (χ4v) is 3.64. The molecule has 1 N–H and O–H groups in total. The van der Waals surface area contributed by atoms with E-state index < -0.39 is 6.10 Å². The number of hydrogen-bond acceptors (Lipinski definition) is 2. The number of thiophene rings is 1. The molecule has 84 valence electrons. The molecule has 16 heavy (non-hydrogen) atoms. The van der Waals surface area contributed by atoms with Crippen molar-refractivity contribution in [2.75, 3.05) is 0 Å². The van der Waals surface area contributed by atoms with Gasteiger partial charge in [0.05, 0.1) is 4.88 Å². The number of aliphatic hydroxyl groups is 1. The van der Waals surface area contributed by atoms with E-state index in [1.807, 2.05) is 31.2 Å². The molecule has 0 aliphatic carbocycles. The van der Waals surface area contributed by atoms with Crippen molar-refractivity contribution >= 4 is 38.9 Å². The summed E-state index contributed by atoms with van der Waals surface area (Å²) < 4.78 is 0.933. The Hall–Kier alpha value is -0.350. The van der Waals surface area contributed by atoms with Crippen LogP contribution in [0.1, 0.15) is 21.4 Å². The molecule has 0 saturated carbocycles. The minimum Gasteiger partial charge on any atom is -0.383 e. The lowest BCUT2D eigenvalue weighted by Crippen LogP contribution is -1.98. The molecule has 1 heterocycles. The number of aryl methyl sites for hydroxylation is 1. The van der Waals surface area contributed by atoms with Crippen LogP contribution in [0.25, 0.3) is 0 Å². The van der Waals surface area contributed by atoms with E-state index in [1.165, 1.54) is 0 Å². The van der Waals surface area contributed by atoms with Crippen LogP contribution in [-0.2, 0) is 0 Å². The van der Waals surface area contributed by atoms with Gasteiger partial charge in [-0.25, -0.2) is 0 Å². The van der Waals surface area contributed by atoms with Crippen LogP contribution in [0.2, 0.25) is 5.02 Å². The van der Waals surface area contributed by atoms with Crippen molar-refractivity contribution in [3.05, 3.63) is 55.1 Å². The first kappa shape index (κ1) is 12.1. The summed E-state index contributed by atoms with van der Waals surface area (Å²) in [4.78, 5) is 2.05. The van der Waals surface area contributed by atoms with E-state index >= 15 is 0 Å². The second-order valence-electron chi connectivity index (χ2n) is 3.49. The highest BCUT2D eigenvalue weighted by molar-refractivity contribution is 9.10. The Morgan fingerprint density at radius 3 is 2.62 bits per heavy atom. The van der Waals surface area contributed by atoms with E-state index in [1.54, 1.807) is 17.4 Å². The molecular weight excluding hydrogens is 308 g/mol. The zero-order valence-electron chi connectivity index (χ0n) is 8.58. The predicted molar refractivity (Wildman–Crippen MR) is 72.3 cm³/mol. The first-order valence-corrected chi connectivity index (χ1v) is 6.76. The molecule has 0 radical (unpaired) electrons. The van der Waals surface area contributed by atoms with Gasteiger partial charge >= 0.3 is 0 Å². The van der Waals surface area contributed by atoms with Gasteiger partial charge in [-0.1, -0.05) is 29.8 Å². The molecule has 2 rings (SSSR count). The Bertz CT molecular complexity index is 509. The summed E-state index contributed by atoms with van der Waals surface area (Å²) in [6, 6.07) is 9.36. The summed E-state index contributed by atoms with van der Waals surface area (Å²) in [5, 5.41) is 10.9. The lowest BCUT2D eigenvalue weighted by atomic mass is 10.1. The summed E-state index contributed by atoms with van der Waals surface area (Å²) >= 11 is 11.1. The average Bonchev–Trinajstić information content (AvgIpc) is 2.58. The van der Waals surface area contributed by atoms with Crippen molar-refractivity contribution in [3.63, 3.8) is 0 Å². The molecule has 1 atom stereocenters. The van der Waals surface area contributed by atoms with E-state index in [0.29, 0.717) is 5.02 Å². The van der Waals surface area contributed by atoms with Crippen LogP contribution in [0.3, 0.4) is 0 Å². The minimum absolute atomic E-state index is 0.591. The number of halogens is 2. The van der Waals surface area contributed by atoms with Gasteiger partial charge in [-0.3, -0.25) is 0 Å². The van der Waals surface area contributed by atoms with Gasteiger partial charge in [0.2, 0.25) is 0 Å². The summed E-state index contributed by atoms with van der Waals surface area (Å²) in [5.41, 5.74) is 0.742.